The summed E-state index contributed by atoms with van der Waals surface area (Å²) in [5.41, 5.74) is 2.07. The number of piperidine rings is 1. The van der Waals surface area contributed by atoms with E-state index in [-0.39, 0.29) is 0 Å². The van der Waals surface area contributed by atoms with Crippen molar-refractivity contribution in [2.45, 2.75) is 25.3 Å². The average molecular weight is 437 g/mol. The van der Waals surface area contributed by atoms with Crippen molar-refractivity contribution in [3.8, 4) is 11.5 Å². The highest BCUT2D eigenvalue weighted by molar-refractivity contribution is 5.80. The third-order valence-electron chi connectivity index (χ3n) is 5.90. The first-order chi connectivity index (χ1) is 15.7. The topological polar surface area (TPSA) is 71.3 Å². The number of nitrogens with zero attached hydrogens (tertiary/aromatic N) is 2. The summed E-state index contributed by atoms with van der Waals surface area (Å²) in [7, 11) is 5.18. The van der Waals surface area contributed by atoms with E-state index in [1.54, 1.807) is 14.2 Å². The number of anilines is 1. The van der Waals surface area contributed by atoms with Crippen molar-refractivity contribution < 1.29 is 13.9 Å². The first kappa shape index (κ1) is 21.9. The lowest BCUT2D eigenvalue weighted by Gasteiger charge is -2.34. The molecule has 2 N–H and O–H groups in total. The molecule has 1 fully saturated rings. The molecule has 0 unspecified atom stereocenters. The minimum absolute atomic E-state index is 0.385. The Morgan fingerprint density at radius 2 is 1.78 bits per heavy atom. The van der Waals surface area contributed by atoms with Crippen LogP contribution in [-0.4, -0.2) is 52.9 Å². The highest BCUT2D eigenvalue weighted by Crippen LogP contribution is 2.30. The molecule has 2 aromatic carbocycles. The monoisotopic (exact) mass is 436 g/mol. The van der Waals surface area contributed by atoms with E-state index in [1.165, 1.54) is 0 Å². The second-order valence-corrected chi connectivity index (χ2v) is 7.98. The lowest BCUT2D eigenvalue weighted by Crippen LogP contribution is -2.49. The number of hydrogen-bond acceptors (Lipinski definition) is 5. The van der Waals surface area contributed by atoms with Crippen LogP contribution in [0.5, 0.6) is 11.5 Å². The van der Waals surface area contributed by atoms with Gasteiger partial charge in [-0.25, -0.2) is 0 Å². The van der Waals surface area contributed by atoms with E-state index in [0.29, 0.717) is 6.04 Å². The van der Waals surface area contributed by atoms with Crippen molar-refractivity contribution in [1.82, 2.24) is 10.6 Å². The first-order valence-electron chi connectivity index (χ1n) is 11.1. The van der Waals surface area contributed by atoms with Gasteiger partial charge in [0, 0.05) is 68.4 Å². The Morgan fingerprint density at radius 3 is 2.44 bits per heavy atom. The van der Waals surface area contributed by atoms with Gasteiger partial charge in [-0.3, -0.25) is 4.99 Å². The van der Waals surface area contributed by atoms with Crippen molar-refractivity contribution >= 4 is 22.6 Å². The van der Waals surface area contributed by atoms with Gasteiger partial charge in [-0.05, 0) is 25.0 Å². The molecule has 32 heavy (non-hydrogen) atoms. The number of furan rings is 1. The second kappa shape index (κ2) is 10.3. The zero-order valence-corrected chi connectivity index (χ0v) is 19.1. The van der Waals surface area contributed by atoms with Crippen molar-refractivity contribution in [3.05, 3.63) is 54.3 Å². The number of para-hydroxylation sites is 1. The largest absolute Gasteiger partial charge is 0.497 e. The van der Waals surface area contributed by atoms with Crippen LogP contribution in [0.3, 0.4) is 0 Å². The van der Waals surface area contributed by atoms with E-state index in [2.05, 4.69) is 44.8 Å². The van der Waals surface area contributed by atoms with Crippen LogP contribution >= 0.6 is 0 Å². The molecule has 1 aromatic heterocycles. The third-order valence-corrected chi connectivity index (χ3v) is 5.90. The number of rotatable bonds is 7. The van der Waals surface area contributed by atoms with Crippen LogP contribution in [0, 0.1) is 0 Å². The molecule has 1 aliphatic heterocycles. The highest BCUT2D eigenvalue weighted by Gasteiger charge is 2.21. The zero-order valence-electron chi connectivity index (χ0n) is 19.1. The standard InChI is InChI=1S/C25H32N4O3/c1-26-25(27-11-8-21-14-18-6-4-5-7-24(18)32-21)28-19-9-12-29(13-10-19)20-15-22(30-2)17-23(16-20)31-3/h4-7,14-17,19H,8-13H2,1-3H3,(H2,26,27,28). The van der Waals surface area contributed by atoms with E-state index in [9.17, 15) is 0 Å². The Labute approximate surface area is 189 Å². The van der Waals surface area contributed by atoms with Crippen LogP contribution in [0.1, 0.15) is 18.6 Å². The molecule has 170 valence electrons. The SMILES string of the molecule is CN=C(NCCc1cc2ccccc2o1)NC1CCN(c2cc(OC)cc(OC)c2)CC1. The van der Waals surface area contributed by atoms with Crippen LogP contribution in [0.4, 0.5) is 5.69 Å². The molecule has 2 heterocycles. The number of benzene rings is 2. The van der Waals surface area contributed by atoms with Gasteiger partial charge in [-0.2, -0.15) is 0 Å². The molecule has 1 saturated heterocycles. The molecule has 4 rings (SSSR count). The van der Waals surface area contributed by atoms with Crippen molar-refractivity contribution in [2.75, 3.05) is 45.8 Å². The highest BCUT2D eigenvalue weighted by atomic mass is 16.5. The summed E-state index contributed by atoms with van der Waals surface area (Å²) in [6.07, 6.45) is 2.87. The van der Waals surface area contributed by atoms with Gasteiger partial charge in [-0.1, -0.05) is 18.2 Å². The maximum Gasteiger partial charge on any atom is 0.191 e. The number of hydrogen-bond donors (Lipinski definition) is 2. The Hall–Kier alpha value is -3.35. The van der Waals surface area contributed by atoms with Gasteiger partial charge in [0.15, 0.2) is 5.96 Å². The summed E-state index contributed by atoms with van der Waals surface area (Å²) in [6, 6.07) is 16.6. The van der Waals surface area contributed by atoms with E-state index in [4.69, 9.17) is 13.9 Å². The van der Waals surface area contributed by atoms with Crippen LogP contribution in [-0.2, 0) is 6.42 Å². The van der Waals surface area contributed by atoms with Gasteiger partial charge in [0.05, 0.1) is 14.2 Å². The van der Waals surface area contributed by atoms with Crippen molar-refractivity contribution in [1.29, 1.82) is 0 Å². The van der Waals surface area contributed by atoms with Gasteiger partial charge >= 0.3 is 0 Å². The lowest BCUT2D eigenvalue weighted by molar-refractivity contribution is 0.393. The molecule has 7 nitrogen and oxygen atoms in total. The zero-order chi connectivity index (χ0) is 22.3. The Morgan fingerprint density at radius 1 is 1.06 bits per heavy atom. The summed E-state index contributed by atoms with van der Waals surface area (Å²) < 4.78 is 16.7. The van der Waals surface area contributed by atoms with Gasteiger partial charge in [-0.15, -0.1) is 0 Å². The smallest absolute Gasteiger partial charge is 0.191 e. The molecule has 0 bridgehead atoms. The first-order valence-corrected chi connectivity index (χ1v) is 11.1. The van der Waals surface area contributed by atoms with E-state index >= 15 is 0 Å². The lowest BCUT2D eigenvalue weighted by atomic mass is 10.0. The Balaban J connectivity index is 1.25. The Bertz CT molecular complexity index is 999. The predicted octanol–water partition coefficient (Wildman–Crippen LogP) is 3.83. The molecule has 0 aliphatic carbocycles. The summed E-state index contributed by atoms with van der Waals surface area (Å²) >= 11 is 0. The molecule has 0 amide bonds. The summed E-state index contributed by atoms with van der Waals surface area (Å²) in [5.74, 6) is 3.45. The number of methoxy groups -OCH3 is 2. The van der Waals surface area contributed by atoms with Crippen molar-refractivity contribution in [3.63, 3.8) is 0 Å². The van der Waals surface area contributed by atoms with Crippen molar-refractivity contribution in [2.24, 2.45) is 4.99 Å². The van der Waals surface area contributed by atoms with Crippen LogP contribution < -0.4 is 25.0 Å². The molecule has 0 radical (unpaired) electrons. The van der Waals surface area contributed by atoms with Gasteiger partial charge in [0.2, 0.25) is 0 Å². The van der Waals surface area contributed by atoms with Crippen LogP contribution in [0.2, 0.25) is 0 Å². The summed E-state index contributed by atoms with van der Waals surface area (Å²) in [6.45, 7) is 2.69. The fourth-order valence-corrected chi connectivity index (χ4v) is 4.11. The quantitative estimate of drug-likeness (QED) is 0.433. The third kappa shape index (κ3) is 5.28. The molecule has 0 saturated carbocycles. The molecule has 0 spiro atoms. The number of fused-ring (bicyclic) bond motifs is 1. The number of ether oxygens (including phenoxy) is 2. The number of nitrogens with one attached hydrogen (secondary N) is 2. The molecular weight excluding hydrogens is 404 g/mol. The van der Waals surface area contributed by atoms with Gasteiger partial charge in [0.25, 0.3) is 0 Å². The van der Waals surface area contributed by atoms with E-state index in [0.717, 1.165) is 78.8 Å². The predicted molar refractivity (Wildman–Crippen MR) is 129 cm³/mol. The van der Waals surface area contributed by atoms with Crippen LogP contribution in [0.15, 0.2) is 57.9 Å². The molecule has 1 aliphatic rings. The molecule has 0 atom stereocenters. The Kier molecular flexibility index (Phi) is 7.04. The summed E-state index contributed by atoms with van der Waals surface area (Å²) in [5, 5.41) is 8.13. The van der Waals surface area contributed by atoms with Gasteiger partial charge in [0.1, 0.15) is 22.8 Å². The number of aliphatic imine (C=N–C) groups is 1. The van der Waals surface area contributed by atoms with Gasteiger partial charge < -0.3 is 29.4 Å². The van der Waals surface area contributed by atoms with E-state index in [1.807, 2.05) is 31.3 Å². The normalized spacial score (nSPS) is 15.1. The fraction of sp³-hybridized carbons (Fsp3) is 0.400. The second-order valence-electron chi connectivity index (χ2n) is 7.98. The summed E-state index contributed by atoms with van der Waals surface area (Å²) in [4.78, 5) is 6.77. The molecular formula is C25H32N4O3. The van der Waals surface area contributed by atoms with Crippen LogP contribution in [0.25, 0.3) is 11.0 Å². The maximum absolute atomic E-state index is 5.90. The maximum atomic E-state index is 5.90. The van der Waals surface area contributed by atoms with E-state index < -0.39 is 0 Å². The molecule has 7 heteroatoms. The number of guanidine groups is 1. The minimum Gasteiger partial charge on any atom is -0.497 e. The molecule has 3 aromatic rings. The minimum atomic E-state index is 0.385. The fourth-order valence-electron chi connectivity index (χ4n) is 4.11. The average Bonchev–Trinajstić information content (AvgIpc) is 3.26.